The Bertz CT molecular complexity index is 410. The highest BCUT2D eigenvalue weighted by Gasteiger charge is 2.38. The zero-order valence-corrected chi connectivity index (χ0v) is 12.0. The van der Waals surface area contributed by atoms with Crippen LogP contribution in [-0.4, -0.2) is 49.2 Å². The van der Waals surface area contributed by atoms with Gasteiger partial charge in [-0.05, 0) is 32.1 Å². The van der Waals surface area contributed by atoms with Crippen LogP contribution < -0.4 is 0 Å². The lowest BCUT2D eigenvalue weighted by molar-refractivity contribution is -0.135. The lowest BCUT2D eigenvalue weighted by Gasteiger charge is -2.27. The van der Waals surface area contributed by atoms with Crippen LogP contribution in [0.25, 0.3) is 0 Å². The predicted octanol–water partition coefficient (Wildman–Crippen LogP) is 1.43. The minimum atomic E-state index is -2.97. The first kappa shape index (κ1) is 14.1. The Morgan fingerprint density at radius 2 is 2.11 bits per heavy atom. The van der Waals surface area contributed by atoms with E-state index < -0.39 is 9.84 Å². The molecule has 0 saturated carbocycles. The third-order valence-corrected chi connectivity index (χ3v) is 5.95. The fraction of sp³-hybridized carbons (Fsp3) is 0.917. The number of amides is 1. The van der Waals surface area contributed by atoms with Gasteiger partial charge in [0.25, 0.3) is 0 Å². The number of hydrogen-bond donors (Lipinski definition) is 0. The van der Waals surface area contributed by atoms with Crippen molar-refractivity contribution in [2.24, 2.45) is 5.92 Å². The Morgan fingerprint density at radius 1 is 1.33 bits per heavy atom. The van der Waals surface area contributed by atoms with Gasteiger partial charge in [0.1, 0.15) is 0 Å². The van der Waals surface area contributed by atoms with Crippen LogP contribution in [0.2, 0.25) is 0 Å². The van der Waals surface area contributed by atoms with Crippen molar-refractivity contribution in [3.63, 3.8) is 0 Å². The van der Waals surface area contributed by atoms with Gasteiger partial charge in [0.05, 0.1) is 17.4 Å². The van der Waals surface area contributed by atoms with Gasteiger partial charge in [0.15, 0.2) is 9.84 Å². The largest absolute Gasteiger partial charge is 0.339 e. The first-order valence-corrected chi connectivity index (χ1v) is 8.96. The Labute approximate surface area is 114 Å². The molecule has 0 aromatic rings. The third kappa shape index (κ3) is 3.18. The van der Waals surface area contributed by atoms with Crippen molar-refractivity contribution in [2.45, 2.75) is 38.1 Å². The van der Waals surface area contributed by atoms with E-state index in [4.69, 9.17) is 11.6 Å². The van der Waals surface area contributed by atoms with E-state index in [0.717, 1.165) is 32.2 Å². The average molecular weight is 294 g/mol. The zero-order valence-electron chi connectivity index (χ0n) is 10.5. The summed E-state index contributed by atoms with van der Waals surface area (Å²) in [5.41, 5.74) is 0. The fourth-order valence-corrected chi connectivity index (χ4v) is 4.85. The number of nitrogens with zero attached hydrogens (tertiary/aromatic N) is 1. The summed E-state index contributed by atoms with van der Waals surface area (Å²) >= 11 is 5.69. The number of likely N-dealkylation sites (tertiary alicyclic amines) is 1. The highest BCUT2D eigenvalue weighted by atomic mass is 35.5. The minimum Gasteiger partial charge on any atom is -0.339 e. The van der Waals surface area contributed by atoms with Crippen LogP contribution in [0.1, 0.15) is 32.1 Å². The molecule has 18 heavy (non-hydrogen) atoms. The molecule has 0 aromatic heterocycles. The quantitative estimate of drug-likeness (QED) is 0.737. The van der Waals surface area contributed by atoms with Crippen molar-refractivity contribution in [1.82, 2.24) is 4.90 Å². The summed E-state index contributed by atoms with van der Waals surface area (Å²) in [6, 6.07) is 0.277. The maximum Gasteiger partial charge on any atom is 0.226 e. The Kier molecular flexibility index (Phi) is 4.54. The highest BCUT2D eigenvalue weighted by Crippen LogP contribution is 2.27. The molecular formula is C12H20ClNO3S. The van der Waals surface area contributed by atoms with Crippen LogP contribution in [0.3, 0.4) is 0 Å². The molecule has 0 aliphatic carbocycles. The van der Waals surface area contributed by atoms with Crippen LogP contribution in [0.4, 0.5) is 0 Å². The smallest absolute Gasteiger partial charge is 0.226 e. The number of alkyl halides is 1. The topological polar surface area (TPSA) is 54.5 Å². The molecule has 2 fully saturated rings. The summed E-state index contributed by atoms with van der Waals surface area (Å²) in [4.78, 5) is 14.2. The zero-order chi connectivity index (χ0) is 13.2. The molecular weight excluding hydrogens is 274 g/mol. The molecule has 4 nitrogen and oxygen atoms in total. The van der Waals surface area contributed by atoms with Crippen LogP contribution in [0.15, 0.2) is 0 Å². The van der Waals surface area contributed by atoms with Crippen molar-refractivity contribution in [3.05, 3.63) is 0 Å². The van der Waals surface area contributed by atoms with E-state index in [-0.39, 0.29) is 29.4 Å². The molecule has 0 spiro atoms. The maximum atomic E-state index is 12.3. The Balaban J connectivity index is 1.96. The fourth-order valence-electron chi connectivity index (χ4n) is 2.96. The number of hydrogen-bond acceptors (Lipinski definition) is 3. The summed E-state index contributed by atoms with van der Waals surface area (Å²) < 4.78 is 22.9. The van der Waals surface area contributed by atoms with E-state index in [0.29, 0.717) is 12.3 Å². The molecule has 6 heteroatoms. The maximum absolute atomic E-state index is 12.3. The van der Waals surface area contributed by atoms with Gasteiger partial charge < -0.3 is 4.90 Å². The van der Waals surface area contributed by atoms with E-state index in [2.05, 4.69) is 0 Å². The van der Waals surface area contributed by atoms with E-state index >= 15 is 0 Å². The molecule has 2 unspecified atom stereocenters. The molecule has 0 bridgehead atoms. The van der Waals surface area contributed by atoms with Crippen molar-refractivity contribution < 1.29 is 13.2 Å². The third-order valence-electron chi connectivity index (χ3n) is 3.91. The molecule has 2 heterocycles. The lowest BCUT2D eigenvalue weighted by atomic mass is 10.1. The molecule has 2 saturated heterocycles. The van der Waals surface area contributed by atoms with Gasteiger partial charge in [-0.3, -0.25) is 4.79 Å². The van der Waals surface area contributed by atoms with Gasteiger partial charge in [-0.25, -0.2) is 8.42 Å². The number of rotatable bonds is 4. The second-order valence-electron chi connectivity index (χ2n) is 5.26. The SMILES string of the molecule is O=C(C1CCS(=O)(=O)C1)N1CCCC1CCCCl. The lowest BCUT2D eigenvalue weighted by Crippen LogP contribution is -2.40. The van der Waals surface area contributed by atoms with Gasteiger partial charge in [-0.2, -0.15) is 0 Å². The molecule has 0 radical (unpaired) electrons. The average Bonchev–Trinajstić information content (AvgIpc) is 2.91. The first-order chi connectivity index (χ1) is 8.53. The molecule has 0 N–H and O–H groups in total. The summed E-state index contributed by atoms with van der Waals surface area (Å²) in [5, 5.41) is 0. The predicted molar refractivity (Wildman–Crippen MR) is 71.4 cm³/mol. The standard InChI is InChI=1S/C12H20ClNO3S/c13-6-1-3-11-4-2-7-14(11)12(15)10-5-8-18(16,17)9-10/h10-11H,1-9H2. The monoisotopic (exact) mass is 293 g/mol. The van der Waals surface area contributed by atoms with Gasteiger partial charge in [-0.15, -0.1) is 11.6 Å². The minimum absolute atomic E-state index is 0.0462. The van der Waals surface area contributed by atoms with Gasteiger partial charge in [0.2, 0.25) is 5.91 Å². The number of carbonyl (C=O) groups is 1. The molecule has 0 aromatic carbocycles. The van der Waals surface area contributed by atoms with Crippen molar-refractivity contribution >= 4 is 27.3 Å². The molecule has 2 aliphatic rings. The molecule has 104 valence electrons. The summed E-state index contributed by atoms with van der Waals surface area (Å²) in [6.45, 7) is 0.780. The molecule has 2 aliphatic heterocycles. The van der Waals surface area contributed by atoms with Crippen molar-refractivity contribution in [1.29, 1.82) is 0 Å². The van der Waals surface area contributed by atoms with Crippen molar-refractivity contribution in [3.8, 4) is 0 Å². The summed E-state index contributed by atoms with van der Waals surface area (Å²) in [6.07, 6.45) is 4.41. The van der Waals surface area contributed by atoms with E-state index in [1.165, 1.54) is 0 Å². The summed E-state index contributed by atoms with van der Waals surface area (Å²) in [5.74, 6) is 0.588. The number of carbonyl (C=O) groups excluding carboxylic acids is 1. The van der Waals surface area contributed by atoms with Gasteiger partial charge in [-0.1, -0.05) is 0 Å². The van der Waals surface area contributed by atoms with Crippen molar-refractivity contribution in [2.75, 3.05) is 23.9 Å². The first-order valence-electron chi connectivity index (χ1n) is 6.60. The normalized spacial score (nSPS) is 30.8. The second-order valence-corrected chi connectivity index (χ2v) is 7.87. The molecule has 2 atom stereocenters. The van der Waals surface area contributed by atoms with E-state index in [1.807, 2.05) is 4.90 Å². The number of halogens is 1. The van der Waals surface area contributed by atoms with Crippen LogP contribution in [0.5, 0.6) is 0 Å². The van der Waals surface area contributed by atoms with E-state index in [9.17, 15) is 13.2 Å². The molecule has 2 rings (SSSR count). The Morgan fingerprint density at radius 3 is 2.72 bits per heavy atom. The van der Waals surface area contributed by atoms with Crippen LogP contribution in [0, 0.1) is 5.92 Å². The van der Waals surface area contributed by atoms with E-state index in [1.54, 1.807) is 0 Å². The van der Waals surface area contributed by atoms with Crippen LogP contribution in [-0.2, 0) is 14.6 Å². The second kappa shape index (κ2) is 5.78. The Hall–Kier alpha value is -0.290. The van der Waals surface area contributed by atoms with Gasteiger partial charge >= 0.3 is 0 Å². The molecule has 1 amide bonds. The number of sulfone groups is 1. The van der Waals surface area contributed by atoms with Crippen LogP contribution >= 0.6 is 11.6 Å². The van der Waals surface area contributed by atoms with Gasteiger partial charge in [0, 0.05) is 18.5 Å². The summed E-state index contributed by atoms with van der Waals surface area (Å²) in [7, 11) is -2.97. The highest BCUT2D eigenvalue weighted by molar-refractivity contribution is 7.91.